The van der Waals surface area contributed by atoms with Crippen LogP contribution in [0.25, 0.3) is 0 Å². The molecule has 1 aromatic rings. The lowest BCUT2D eigenvalue weighted by Gasteiger charge is -2.12. The van der Waals surface area contributed by atoms with E-state index in [0.29, 0.717) is 16.9 Å². The quantitative estimate of drug-likeness (QED) is 0.766. The molecule has 0 fully saturated rings. The standard InChI is InChI=1S/C12H15N3O2/c1-8(2)17-11-5-4-9(6-10(11)7-13)12(16)15-14-3/h4-6,8,14H,1-3H3,(H,15,16). The fraction of sp³-hybridized carbons (Fsp3) is 0.333. The highest BCUT2D eigenvalue weighted by molar-refractivity contribution is 5.94. The highest BCUT2D eigenvalue weighted by Crippen LogP contribution is 2.20. The van der Waals surface area contributed by atoms with Crippen LogP contribution in [0.5, 0.6) is 5.75 Å². The predicted molar refractivity (Wildman–Crippen MR) is 63.4 cm³/mol. The molecule has 2 N–H and O–H groups in total. The average molecular weight is 233 g/mol. The number of rotatable bonds is 4. The summed E-state index contributed by atoms with van der Waals surface area (Å²) in [7, 11) is 1.60. The maximum absolute atomic E-state index is 11.5. The van der Waals surface area contributed by atoms with Crippen molar-refractivity contribution in [3.8, 4) is 11.8 Å². The number of hydrogen-bond donors (Lipinski definition) is 2. The zero-order chi connectivity index (χ0) is 12.8. The van der Waals surface area contributed by atoms with Gasteiger partial charge in [-0.3, -0.25) is 10.2 Å². The minimum Gasteiger partial charge on any atom is -0.490 e. The van der Waals surface area contributed by atoms with Gasteiger partial charge >= 0.3 is 0 Å². The van der Waals surface area contributed by atoms with Crippen molar-refractivity contribution in [1.82, 2.24) is 10.9 Å². The summed E-state index contributed by atoms with van der Waals surface area (Å²) >= 11 is 0. The lowest BCUT2D eigenvalue weighted by molar-refractivity contribution is 0.0938. The number of ether oxygens (including phenoxy) is 1. The Morgan fingerprint density at radius 1 is 1.47 bits per heavy atom. The smallest absolute Gasteiger partial charge is 0.265 e. The molecule has 5 heteroatoms. The lowest BCUT2D eigenvalue weighted by atomic mass is 10.1. The summed E-state index contributed by atoms with van der Waals surface area (Å²) in [6, 6.07) is 6.76. The second kappa shape index (κ2) is 5.87. The van der Waals surface area contributed by atoms with Gasteiger partial charge in [-0.25, -0.2) is 5.43 Å². The first-order chi connectivity index (χ1) is 8.08. The lowest BCUT2D eigenvalue weighted by Crippen LogP contribution is -2.34. The Balaban J connectivity index is 3.01. The van der Waals surface area contributed by atoms with Gasteiger partial charge < -0.3 is 4.74 Å². The van der Waals surface area contributed by atoms with E-state index in [2.05, 4.69) is 10.9 Å². The second-order valence-electron chi connectivity index (χ2n) is 3.69. The van der Waals surface area contributed by atoms with Crippen LogP contribution in [-0.4, -0.2) is 19.1 Å². The van der Waals surface area contributed by atoms with Gasteiger partial charge in [-0.15, -0.1) is 0 Å². The summed E-state index contributed by atoms with van der Waals surface area (Å²) in [5, 5.41) is 8.99. The van der Waals surface area contributed by atoms with Gasteiger partial charge in [0.15, 0.2) is 0 Å². The Morgan fingerprint density at radius 3 is 2.71 bits per heavy atom. The third kappa shape index (κ3) is 3.47. The number of nitrogens with zero attached hydrogens (tertiary/aromatic N) is 1. The van der Waals surface area contributed by atoms with Gasteiger partial charge in [0.1, 0.15) is 11.8 Å². The monoisotopic (exact) mass is 233 g/mol. The Kier molecular flexibility index (Phi) is 4.49. The minimum absolute atomic E-state index is 0.0147. The van der Waals surface area contributed by atoms with Crippen LogP contribution in [0, 0.1) is 11.3 Å². The molecule has 0 aromatic heterocycles. The van der Waals surface area contributed by atoms with Crippen LogP contribution in [0.3, 0.4) is 0 Å². The summed E-state index contributed by atoms with van der Waals surface area (Å²) in [6.45, 7) is 3.76. The number of nitriles is 1. The van der Waals surface area contributed by atoms with Crippen LogP contribution in [0.15, 0.2) is 18.2 Å². The molecule has 90 valence electrons. The third-order valence-electron chi connectivity index (χ3n) is 1.96. The summed E-state index contributed by atoms with van der Waals surface area (Å²) in [5.41, 5.74) is 5.73. The molecule has 0 unspecified atom stereocenters. The fourth-order valence-corrected chi connectivity index (χ4v) is 1.30. The van der Waals surface area contributed by atoms with Crippen LogP contribution in [0.1, 0.15) is 29.8 Å². The van der Waals surface area contributed by atoms with E-state index in [9.17, 15) is 4.79 Å². The summed E-state index contributed by atoms with van der Waals surface area (Å²) in [6.07, 6.45) is -0.0147. The molecule has 0 saturated heterocycles. The topological polar surface area (TPSA) is 74.2 Å². The molecule has 1 amide bonds. The molecule has 0 heterocycles. The summed E-state index contributed by atoms with van der Waals surface area (Å²) in [5.74, 6) is 0.198. The normalized spacial score (nSPS) is 9.82. The van der Waals surface area contributed by atoms with Crippen molar-refractivity contribution in [2.45, 2.75) is 20.0 Å². The zero-order valence-electron chi connectivity index (χ0n) is 10.1. The highest BCUT2D eigenvalue weighted by atomic mass is 16.5. The molecule has 0 aliphatic heterocycles. The van der Waals surface area contributed by atoms with Crippen molar-refractivity contribution in [2.75, 3.05) is 7.05 Å². The third-order valence-corrected chi connectivity index (χ3v) is 1.96. The fourth-order valence-electron chi connectivity index (χ4n) is 1.30. The molecule has 5 nitrogen and oxygen atoms in total. The molecule has 0 bridgehead atoms. The van der Waals surface area contributed by atoms with Crippen molar-refractivity contribution in [3.05, 3.63) is 29.3 Å². The van der Waals surface area contributed by atoms with Gasteiger partial charge in [0.2, 0.25) is 0 Å². The maximum Gasteiger partial charge on any atom is 0.265 e. The van der Waals surface area contributed by atoms with E-state index >= 15 is 0 Å². The van der Waals surface area contributed by atoms with E-state index < -0.39 is 0 Å². The number of hydrazine groups is 1. The SMILES string of the molecule is CNNC(=O)c1ccc(OC(C)C)c(C#N)c1. The minimum atomic E-state index is -0.292. The first kappa shape index (κ1) is 13.0. The van der Waals surface area contributed by atoms with Crippen LogP contribution >= 0.6 is 0 Å². The number of hydrogen-bond acceptors (Lipinski definition) is 4. The zero-order valence-corrected chi connectivity index (χ0v) is 10.1. The van der Waals surface area contributed by atoms with Crippen LogP contribution in [-0.2, 0) is 0 Å². The first-order valence-corrected chi connectivity index (χ1v) is 5.26. The molecular formula is C12H15N3O2. The number of amides is 1. The van der Waals surface area contributed by atoms with E-state index in [-0.39, 0.29) is 12.0 Å². The Labute approximate surface area is 100 Å². The molecule has 0 spiro atoms. The summed E-state index contributed by atoms with van der Waals surface area (Å²) < 4.78 is 5.46. The van der Waals surface area contributed by atoms with Gasteiger partial charge in [0.25, 0.3) is 5.91 Å². The molecule has 17 heavy (non-hydrogen) atoms. The molecule has 0 saturated carbocycles. The molecule has 1 rings (SSSR count). The number of carbonyl (C=O) groups excluding carboxylic acids is 1. The van der Waals surface area contributed by atoms with Crippen LogP contribution in [0.2, 0.25) is 0 Å². The van der Waals surface area contributed by atoms with Crippen LogP contribution in [0.4, 0.5) is 0 Å². The maximum atomic E-state index is 11.5. The van der Waals surface area contributed by atoms with Crippen molar-refractivity contribution in [3.63, 3.8) is 0 Å². The first-order valence-electron chi connectivity index (χ1n) is 5.26. The van der Waals surface area contributed by atoms with Crippen molar-refractivity contribution >= 4 is 5.91 Å². The second-order valence-corrected chi connectivity index (χ2v) is 3.69. The van der Waals surface area contributed by atoms with E-state index in [1.165, 1.54) is 6.07 Å². The molecule has 0 radical (unpaired) electrons. The van der Waals surface area contributed by atoms with Crippen LogP contribution < -0.4 is 15.6 Å². The van der Waals surface area contributed by atoms with Gasteiger partial charge in [0, 0.05) is 12.6 Å². The van der Waals surface area contributed by atoms with Crippen molar-refractivity contribution < 1.29 is 9.53 Å². The molecule has 1 aromatic carbocycles. The Morgan fingerprint density at radius 2 is 2.18 bits per heavy atom. The van der Waals surface area contributed by atoms with Crippen molar-refractivity contribution in [2.24, 2.45) is 0 Å². The van der Waals surface area contributed by atoms with Gasteiger partial charge in [-0.05, 0) is 32.0 Å². The Bertz CT molecular complexity index is 450. The summed E-state index contributed by atoms with van der Waals surface area (Å²) in [4.78, 5) is 11.5. The van der Waals surface area contributed by atoms with E-state index in [4.69, 9.17) is 10.00 Å². The largest absolute Gasteiger partial charge is 0.490 e. The highest BCUT2D eigenvalue weighted by Gasteiger charge is 2.10. The van der Waals surface area contributed by atoms with E-state index in [1.54, 1.807) is 19.2 Å². The molecule has 0 aliphatic rings. The van der Waals surface area contributed by atoms with Gasteiger partial charge in [0.05, 0.1) is 11.7 Å². The number of nitrogens with one attached hydrogen (secondary N) is 2. The number of benzene rings is 1. The van der Waals surface area contributed by atoms with E-state index in [0.717, 1.165) is 0 Å². The predicted octanol–water partition coefficient (Wildman–Crippen LogP) is 1.21. The Hall–Kier alpha value is -2.06. The molecule has 0 aliphatic carbocycles. The van der Waals surface area contributed by atoms with Crippen molar-refractivity contribution in [1.29, 1.82) is 5.26 Å². The molecule has 0 atom stereocenters. The molecular weight excluding hydrogens is 218 g/mol. The average Bonchev–Trinajstić information content (AvgIpc) is 2.29. The van der Waals surface area contributed by atoms with Gasteiger partial charge in [-0.1, -0.05) is 0 Å². The number of carbonyl (C=O) groups is 1. The van der Waals surface area contributed by atoms with E-state index in [1.807, 2.05) is 19.9 Å². The van der Waals surface area contributed by atoms with Gasteiger partial charge in [-0.2, -0.15) is 5.26 Å².